The number of ether oxygens (including phenoxy) is 2. The number of aromatic amines is 2. The zero-order valence-electron chi connectivity index (χ0n) is 22.1. The van der Waals surface area contributed by atoms with Crippen LogP contribution in [0, 0.1) is 0 Å². The number of rotatable bonds is 5. The molecular weight excluding hydrogens is 583 g/mol. The van der Waals surface area contributed by atoms with Gasteiger partial charge in [-0.1, -0.05) is 23.2 Å². The molecule has 0 aliphatic carbocycles. The van der Waals surface area contributed by atoms with E-state index in [0.717, 1.165) is 32.6 Å². The number of carbonyl (C=O) groups is 2. The molecule has 0 spiro atoms. The molecule has 0 atom stereocenters. The Balaban J connectivity index is 0.000000156. The van der Waals surface area contributed by atoms with Gasteiger partial charge >= 0.3 is 0 Å². The fourth-order valence-corrected chi connectivity index (χ4v) is 4.40. The highest BCUT2D eigenvalue weighted by Gasteiger charge is 2.14. The first-order chi connectivity index (χ1) is 19.8. The van der Waals surface area contributed by atoms with E-state index in [1.807, 2.05) is 36.5 Å². The molecule has 6 rings (SSSR count). The Bertz CT molecular complexity index is 1780. The van der Waals surface area contributed by atoms with E-state index < -0.39 is 5.24 Å². The second-order valence-corrected chi connectivity index (χ2v) is 9.88. The van der Waals surface area contributed by atoms with Crippen molar-refractivity contribution in [3.63, 3.8) is 0 Å². The maximum absolute atomic E-state index is 12.5. The first-order valence-electron chi connectivity index (χ1n) is 12.3. The largest absolute Gasteiger partial charge is 0.497 e. The van der Waals surface area contributed by atoms with Gasteiger partial charge in [0.1, 0.15) is 11.5 Å². The molecular formula is C32H25Cl3N2O4. The molecule has 6 nitrogen and oxygen atoms in total. The van der Waals surface area contributed by atoms with E-state index in [1.54, 1.807) is 81.1 Å². The molecule has 4 aromatic carbocycles. The monoisotopic (exact) mass is 606 g/mol. The van der Waals surface area contributed by atoms with Crippen LogP contribution in [-0.4, -0.2) is 35.2 Å². The van der Waals surface area contributed by atoms with Crippen LogP contribution in [0.5, 0.6) is 11.5 Å². The van der Waals surface area contributed by atoms with Gasteiger partial charge in [-0.3, -0.25) is 9.59 Å². The average molecular weight is 608 g/mol. The smallest absolute Gasteiger partial charge is 0.252 e. The van der Waals surface area contributed by atoms with Crippen molar-refractivity contribution in [2.45, 2.75) is 0 Å². The number of aromatic nitrogens is 2. The number of ketones is 1. The Kier molecular flexibility index (Phi) is 10.1. The van der Waals surface area contributed by atoms with Crippen LogP contribution in [0.15, 0.2) is 103 Å². The van der Waals surface area contributed by atoms with Gasteiger partial charge < -0.3 is 19.4 Å². The van der Waals surface area contributed by atoms with Crippen LogP contribution in [0.3, 0.4) is 0 Å². The number of fused-ring (bicyclic) bond motifs is 2. The molecule has 0 amide bonds. The van der Waals surface area contributed by atoms with Gasteiger partial charge in [0.2, 0.25) is 0 Å². The van der Waals surface area contributed by atoms with E-state index in [4.69, 9.17) is 44.3 Å². The van der Waals surface area contributed by atoms with Crippen molar-refractivity contribution in [2.24, 2.45) is 0 Å². The summed E-state index contributed by atoms with van der Waals surface area (Å²) >= 11 is 17.0. The zero-order valence-corrected chi connectivity index (χ0v) is 24.3. The third-order valence-corrected chi connectivity index (χ3v) is 6.76. The van der Waals surface area contributed by atoms with Crippen LogP contribution in [0.4, 0.5) is 0 Å². The van der Waals surface area contributed by atoms with Crippen LogP contribution in [-0.2, 0) is 0 Å². The van der Waals surface area contributed by atoms with Crippen LogP contribution >= 0.6 is 34.8 Å². The molecule has 0 unspecified atom stereocenters. The molecule has 9 heteroatoms. The lowest BCUT2D eigenvalue weighted by molar-refractivity contribution is 0.103. The molecule has 0 saturated carbocycles. The van der Waals surface area contributed by atoms with Crippen LogP contribution in [0.2, 0.25) is 10.0 Å². The summed E-state index contributed by atoms with van der Waals surface area (Å²) in [5.74, 6) is 1.40. The van der Waals surface area contributed by atoms with Gasteiger partial charge in [0.05, 0.1) is 14.2 Å². The number of hydrogen-bond acceptors (Lipinski definition) is 4. The minimum Gasteiger partial charge on any atom is -0.497 e. The van der Waals surface area contributed by atoms with Gasteiger partial charge in [-0.2, -0.15) is 0 Å². The van der Waals surface area contributed by atoms with Gasteiger partial charge in [-0.15, -0.1) is 0 Å². The van der Waals surface area contributed by atoms with Crippen molar-refractivity contribution in [3.8, 4) is 11.5 Å². The fourth-order valence-electron chi connectivity index (χ4n) is 3.92. The second-order valence-electron chi connectivity index (χ2n) is 8.66. The van der Waals surface area contributed by atoms with Crippen molar-refractivity contribution in [1.29, 1.82) is 0 Å². The lowest BCUT2D eigenvalue weighted by Crippen LogP contribution is -2.00. The normalized spacial score (nSPS) is 10.3. The Hall–Kier alpha value is -4.23. The van der Waals surface area contributed by atoms with E-state index in [2.05, 4.69) is 9.97 Å². The lowest BCUT2D eigenvalue weighted by atomic mass is 10.0. The van der Waals surface area contributed by atoms with Crippen molar-refractivity contribution in [3.05, 3.63) is 130 Å². The molecule has 2 aromatic heterocycles. The summed E-state index contributed by atoms with van der Waals surface area (Å²) in [6.45, 7) is 0. The summed E-state index contributed by atoms with van der Waals surface area (Å²) in [7, 11) is 3.16. The van der Waals surface area contributed by atoms with Crippen LogP contribution < -0.4 is 9.47 Å². The van der Waals surface area contributed by atoms with E-state index in [-0.39, 0.29) is 5.78 Å². The van der Waals surface area contributed by atoms with Gasteiger partial charge in [0, 0.05) is 60.9 Å². The Morgan fingerprint density at radius 3 is 1.80 bits per heavy atom. The molecule has 0 saturated heterocycles. The summed E-state index contributed by atoms with van der Waals surface area (Å²) in [4.78, 5) is 29.3. The highest BCUT2D eigenvalue weighted by atomic mass is 35.5. The molecule has 0 fully saturated rings. The molecule has 41 heavy (non-hydrogen) atoms. The Morgan fingerprint density at radius 2 is 1.22 bits per heavy atom. The highest BCUT2D eigenvalue weighted by molar-refractivity contribution is 6.67. The topological polar surface area (TPSA) is 84.2 Å². The number of halogens is 3. The second kappa shape index (κ2) is 13.9. The molecule has 0 radical (unpaired) electrons. The number of carbonyl (C=O) groups excluding carboxylic acids is 2. The summed E-state index contributed by atoms with van der Waals surface area (Å²) in [5, 5.41) is 2.94. The van der Waals surface area contributed by atoms with Crippen molar-refractivity contribution >= 4 is 67.6 Å². The number of hydrogen-bond donors (Lipinski definition) is 2. The molecule has 2 heterocycles. The number of nitrogens with one attached hydrogen (secondary N) is 2. The number of benzene rings is 4. The standard InChI is InChI=1S/C16H12ClNO2.C8H6ClN.C8H7ClO2/c1-20-12-5-2-10(3-6-12)16(19)14-9-18-15-7-4-11(17)8-13(14)15;9-7-1-2-8-6(5-7)3-4-10-8;1-11-7-4-2-6(3-5-7)8(9)10/h2-9,18H,1H3;1-5,10H;2-5H,1H3. The van der Waals surface area contributed by atoms with Crippen LogP contribution in [0.25, 0.3) is 21.8 Å². The molecule has 0 aliphatic heterocycles. The Morgan fingerprint density at radius 1 is 0.659 bits per heavy atom. The molecule has 0 bridgehead atoms. The van der Waals surface area contributed by atoms with E-state index >= 15 is 0 Å². The minimum atomic E-state index is -0.451. The first kappa shape index (κ1) is 29.7. The lowest BCUT2D eigenvalue weighted by Gasteiger charge is -2.02. The van der Waals surface area contributed by atoms with Crippen molar-refractivity contribution in [1.82, 2.24) is 9.97 Å². The Labute approximate surface area is 251 Å². The molecule has 0 aliphatic rings. The van der Waals surface area contributed by atoms with E-state index in [1.165, 1.54) is 0 Å². The minimum absolute atomic E-state index is 0.0406. The van der Waals surface area contributed by atoms with Crippen molar-refractivity contribution < 1.29 is 19.1 Å². The fraction of sp³-hybridized carbons (Fsp3) is 0.0625. The molecule has 6 aromatic rings. The predicted molar refractivity (Wildman–Crippen MR) is 166 cm³/mol. The van der Waals surface area contributed by atoms with Gasteiger partial charge in [-0.25, -0.2) is 0 Å². The maximum Gasteiger partial charge on any atom is 0.252 e. The van der Waals surface area contributed by atoms with Gasteiger partial charge in [0.25, 0.3) is 5.24 Å². The van der Waals surface area contributed by atoms with Crippen LogP contribution in [0.1, 0.15) is 26.3 Å². The van der Waals surface area contributed by atoms with Gasteiger partial charge in [0.15, 0.2) is 5.78 Å². The quantitative estimate of drug-likeness (QED) is 0.151. The molecule has 2 N–H and O–H groups in total. The molecule has 208 valence electrons. The SMILES string of the molecule is COc1ccc(C(=O)Cl)cc1.COc1ccc(C(=O)c2c[nH]c3ccc(Cl)cc23)cc1.Clc1ccc2[nH]ccc2c1. The zero-order chi connectivity index (χ0) is 29.4. The average Bonchev–Trinajstić information content (AvgIpc) is 3.64. The summed E-state index contributed by atoms with van der Waals surface area (Å²) in [6.07, 6.45) is 3.62. The number of methoxy groups -OCH3 is 2. The summed E-state index contributed by atoms with van der Waals surface area (Å²) in [5.41, 5.74) is 3.74. The third kappa shape index (κ3) is 7.70. The van der Waals surface area contributed by atoms with E-state index in [0.29, 0.717) is 27.5 Å². The predicted octanol–water partition coefficient (Wildman–Crippen LogP) is 8.96. The summed E-state index contributed by atoms with van der Waals surface area (Å²) < 4.78 is 9.99. The number of H-pyrrole nitrogens is 2. The highest BCUT2D eigenvalue weighted by Crippen LogP contribution is 2.25. The van der Waals surface area contributed by atoms with Crippen molar-refractivity contribution in [2.75, 3.05) is 14.2 Å². The summed E-state index contributed by atoms with van der Waals surface area (Å²) in [6, 6.07) is 26.9. The maximum atomic E-state index is 12.5. The first-order valence-corrected chi connectivity index (χ1v) is 13.4. The van der Waals surface area contributed by atoms with Gasteiger partial charge in [-0.05, 0) is 103 Å². The third-order valence-electron chi connectivity index (χ3n) is 6.07. The van der Waals surface area contributed by atoms with E-state index in [9.17, 15) is 9.59 Å².